The van der Waals surface area contributed by atoms with Crippen LogP contribution in [0.5, 0.6) is 0 Å². The fraction of sp³-hybridized carbons (Fsp3) is 0.435. The third kappa shape index (κ3) is 6.08. The van der Waals surface area contributed by atoms with E-state index in [4.69, 9.17) is 27.9 Å². The number of piperidine rings is 1. The second kappa shape index (κ2) is 10.5. The van der Waals surface area contributed by atoms with Gasteiger partial charge in [0.05, 0.1) is 27.1 Å². The number of aromatic nitrogens is 5. The van der Waals surface area contributed by atoms with Crippen molar-refractivity contribution in [2.24, 2.45) is 0 Å². The lowest BCUT2D eigenvalue weighted by Gasteiger charge is -2.35. The number of nitrogens with zero attached hydrogens (tertiary/aromatic N) is 4. The van der Waals surface area contributed by atoms with Crippen molar-refractivity contribution in [2.45, 2.75) is 52.2 Å². The lowest BCUT2D eigenvalue weighted by atomic mass is 10.0. The van der Waals surface area contributed by atoms with Crippen LogP contribution in [-0.2, 0) is 4.74 Å². The van der Waals surface area contributed by atoms with Crippen LogP contribution in [0.15, 0.2) is 23.0 Å². The first kappa shape index (κ1) is 26.6. The molecule has 3 aromatic rings. The molecule has 0 atom stereocenters. The van der Waals surface area contributed by atoms with Gasteiger partial charge >= 0.3 is 11.8 Å². The number of amides is 2. The Kier molecular flexibility index (Phi) is 7.51. The summed E-state index contributed by atoms with van der Waals surface area (Å²) in [6.45, 7) is 8.31. The number of tetrazole rings is 1. The normalized spacial score (nSPS) is 14.5. The van der Waals surface area contributed by atoms with Gasteiger partial charge in [0.15, 0.2) is 0 Å². The Morgan fingerprint density at radius 1 is 1.16 bits per heavy atom. The van der Waals surface area contributed by atoms with Crippen LogP contribution in [0.4, 0.5) is 16.2 Å². The average Bonchev–Trinajstić information content (AvgIpc) is 3.37. The summed E-state index contributed by atoms with van der Waals surface area (Å²) in [5.41, 5.74) is 1.29. The van der Waals surface area contributed by atoms with Crippen molar-refractivity contribution in [1.29, 1.82) is 0 Å². The summed E-state index contributed by atoms with van der Waals surface area (Å²) in [7, 11) is 0. The van der Waals surface area contributed by atoms with Gasteiger partial charge in [0.25, 0.3) is 5.91 Å². The number of nitrogens with one attached hydrogen (secondary N) is 4. The molecule has 4 rings (SSSR count). The van der Waals surface area contributed by atoms with Gasteiger partial charge in [-0.2, -0.15) is 4.68 Å². The first-order valence-corrected chi connectivity index (χ1v) is 12.4. The molecule has 0 spiro atoms. The lowest BCUT2D eigenvalue weighted by molar-refractivity contribution is 0.0497. The van der Waals surface area contributed by atoms with Gasteiger partial charge in [0, 0.05) is 24.8 Å². The largest absolute Gasteiger partial charge is 0.444 e. The van der Waals surface area contributed by atoms with Crippen LogP contribution in [0.25, 0.3) is 5.69 Å². The number of hydrogen-bond acceptors (Lipinski definition) is 7. The number of carbonyl (C=O) groups excluding carboxylic acids is 2. The van der Waals surface area contributed by atoms with Crippen molar-refractivity contribution < 1.29 is 14.3 Å². The number of aromatic amines is 2. The second-order valence-corrected chi connectivity index (χ2v) is 10.5. The molecule has 1 aliphatic heterocycles. The Hall–Kier alpha value is -3.51. The number of H-pyrrole nitrogens is 2. The Bertz CT molecular complexity index is 1370. The topological polar surface area (TPSA) is 150 Å². The molecule has 0 aliphatic carbocycles. The second-order valence-electron chi connectivity index (χ2n) is 9.73. The highest BCUT2D eigenvalue weighted by Crippen LogP contribution is 2.33. The molecule has 0 bridgehead atoms. The quantitative estimate of drug-likeness (QED) is 0.378. The molecule has 14 heteroatoms. The molecule has 37 heavy (non-hydrogen) atoms. The summed E-state index contributed by atoms with van der Waals surface area (Å²) in [6, 6.07) is 5.01. The molecular weight excluding hydrogens is 523 g/mol. The van der Waals surface area contributed by atoms with Crippen LogP contribution in [0.2, 0.25) is 10.0 Å². The Labute approximate surface area is 222 Å². The van der Waals surface area contributed by atoms with Crippen molar-refractivity contribution in [3.63, 3.8) is 0 Å². The maximum Gasteiger partial charge on any atom is 0.407 e. The number of carbonyl (C=O) groups is 2. The van der Waals surface area contributed by atoms with E-state index in [0.29, 0.717) is 48.7 Å². The molecular formula is C23H28Cl2N8O4. The number of ether oxygens (including phenoxy) is 1. The molecule has 1 aromatic carbocycles. The van der Waals surface area contributed by atoms with E-state index in [1.165, 1.54) is 0 Å². The van der Waals surface area contributed by atoms with Crippen molar-refractivity contribution in [1.82, 2.24) is 30.5 Å². The fourth-order valence-electron chi connectivity index (χ4n) is 4.04. The maximum atomic E-state index is 13.0. The number of alkyl carbamates (subject to hydrolysis) is 1. The van der Waals surface area contributed by atoms with Crippen LogP contribution in [-0.4, -0.2) is 61.9 Å². The number of hydrogen-bond donors (Lipinski definition) is 4. The van der Waals surface area contributed by atoms with Gasteiger partial charge < -0.3 is 25.3 Å². The smallest absolute Gasteiger partial charge is 0.407 e. The summed E-state index contributed by atoms with van der Waals surface area (Å²) < 4.78 is 6.48. The van der Waals surface area contributed by atoms with Gasteiger partial charge in [-0.1, -0.05) is 23.2 Å². The zero-order valence-electron chi connectivity index (χ0n) is 20.8. The number of anilines is 2. The summed E-state index contributed by atoms with van der Waals surface area (Å²) in [5.74, 6) is -0.464. The van der Waals surface area contributed by atoms with Crippen molar-refractivity contribution in [3.8, 4) is 5.69 Å². The summed E-state index contributed by atoms with van der Waals surface area (Å²) in [4.78, 5) is 42.3. The minimum absolute atomic E-state index is 0.0617. The zero-order valence-corrected chi connectivity index (χ0v) is 22.3. The molecule has 2 amide bonds. The molecule has 1 saturated heterocycles. The summed E-state index contributed by atoms with van der Waals surface area (Å²) in [6.07, 6.45) is 0.846. The molecule has 198 valence electrons. The third-order valence-electron chi connectivity index (χ3n) is 5.78. The molecule has 0 radical (unpaired) electrons. The lowest BCUT2D eigenvalue weighted by Crippen LogP contribution is -2.46. The minimum atomic E-state index is -0.581. The molecule has 1 fully saturated rings. The average molecular weight is 551 g/mol. The van der Waals surface area contributed by atoms with Crippen LogP contribution in [0.1, 0.15) is 49.8 Å². The van der Waals surface area contributed by atoms with E-state index in [0.717, 1.165) is 4.68 Å². The summed E-state index contributed by atoms with van der Waals surface area (Å²) in [5, 5.41) is 15.8. The van der Waals surface area contributed by atoms with Crippen LogP contribution < -0.4 is 21.2 Å². The number of aryl methyl sites for hydroxylation is 1. The number of rotatable bonds is 5. The van der Waals surface area contributed by atoms with Crippen molar-refractivity contribution >= 4 is 46.6 Å². The first-order chi connectivity index (χ1) is 17.4. The third-order valence-corrected chi connectivity index (χ3v) is 6.73. The molecule has 12 nitrogen and oxygen atoms in total. The first-order valence-electron chi connectivity index (χ1n) is 11.7. The fourth-order valence-corrected chi connectivity index (χ4v) is 4.45. The van der Waals surface area contributed by atoms with Gasteiger partial charge in [-0.3, -0.25) is 4.79 Å². The van der Waals surface area contributed by atoms with E-state index in [9.17, 15) is 14.4 Å². The molecule has 0 saturated carbocycles. The molecule has 4 N–H and O–H groups in total. The maximum absolute atomic E-state index is 13.0. The standard InChI is InChI=1S/C23H28Cl2N8O4/c1-12-17(24)18(25)19(26-12)20(34)28-15-6-5-14(33-21(35)29-30-31-33)11-16(15)32-9-7-13(8-10-32)27-22(36)37-23(2,3)4/h5-6,11,13,26H,7-10H2,1-4H3,(H,27,36)(H,28,34)(H,29,31,35). The van der Waals surface area contributed by atoms with Gasteiger partial charge in [-0.25, -0.2) is 14.7 Å². The van der Waals surface area contributed by atoms with Gasteiger partial charge in [0.2, 0.25) is 0 Å². The van der Waals surface area contributed by atoms with Crippen LogP contribution in [0.3, 0.4) is 0 Å². The van der Waals surface area contributed by atoms with E-state index >= 15 is 0 Å². The monoisotopic (exact) mass is 550 g/mol. The molecule has 0 unspecified atom stereocenters. The van der Waals surface area contributed by atoms with Crippen molar-refractivity contribution in [2.75, 3.05) is 23.3 Å². The van der Waals surface area contributed by atoms with Gasteiger partial charge in [0.1, 0.15) is 11.3 Å². The Morgan fingerprint density at radius 2 is 1.86 bits per heavy atom. The van der Waals surface area contributed by atoms with Crippen LogP contribution in [0, 0.1) is 6.92 Å². The predicted octanol–water partition coefficient (Wildman–Crippen LogP) is 3.64. The highest BCUT2D eigenvalue weighted by molar-refractivity contribution is 6.44. The van der Waals surface area contributed by atoms with E-state index in [-0.39, 0.29) is 21.8 Å². The Morgan fingerprint density at radius 3 is 2.43 bits per heavy atom. The van der Waals surface area contributed by atoms with Gasteiger partial charge in [-0.15, -0.1) is 0 Å². The molecule has 1 aliphatic rings. The number of halogens is 2. The zero-order chi connectivity index (χ0) is 26.9. The highest BCUT2D eigenvalue weighted by atomic mass is 35.5. The minimum Gasteiger partial charge on any atom is -0.444 e. The number of benzene rings is 1. The summed E-state index contributed by atoms with van der Waals surface area (Å²) >= 11 is 12.4. The highest BCUT2D eigenvalue weighted by Gasteiger charge is 2.26. The Balaban J connectivity index is 1.57. The van der Waals surface area contributed by atoms with Gasteiger partial charge in [-0.05, 0) is 69.2 Å². The molecule has 2 aromatic heterocycles. The van der Waals surface area contributed by atoms with Crippen LogP contribution >= 0.6 is 23.2 Å². The predicted molar refractivity (Wildman–Crippen MR) is 140 cm³/mol. The van der Waals surface area contributed by atoms with E-state index in [1.54, 1.807) is 25.1 Å². The van der Waals surface area contributed by atoms with Crippen molar-refractivity contribution in [3.05, 3.63) is 50.1 Å². The van der Waals surface area contributed by atoms with E-state index in [2.05, 4.69) is 36.0 Å². The SMILES string of the molecule is Cc1[nH]c(C(=O)Nc2ccc(-n3nn[nH]c3=O)cc2N2CCC(NC(=O)OC(C)(C)C)CC2)c(Cl)c1Cl. The van der Waals surface area contributed by atoms with E-state index < -0.39 is 23.3 Å². The molecule has 3 heterocycles. The van der Waals surface area contributed by atoms with E-state index in [1.807, 2.05) is 20.8 Å².